The minimum Gasteiger partial charge on any atom is -0.325 e. The summed E-state index contributed by atoms with van der Waals surface area (Å²) in [6.45, 7) is 5.41. The second-order valence-electron chi connectivity index (χ2n) is 7.27. The van der Waals surface area contributed by atoms with Crippen LogP contribution in [0.1, 0.15) is 46.9 Å². The maximum Gasteiger partial charge on any atom is 0.241 e. The van der Waals surface area contributed by atoms with Gasteiger partial charge in [0.1, 0.15) is 0 Å². The minimum absolute atomic E-state index is 0.0317. The first-order valence-corrected chi connectivity index (χ1v) is 9.73. The van der Waals surface area contributed by atoms with E-state index in [2.05, 4.69) is 54.0 Å². The fourth-order valence-electron chi connectivity index (χ4n) is 3.18. The van der Waals surface area contributed by atoms with Gasteiger partial charge in [-0.15, -0.1) is 0 Å². The topological polar surface area (TPSA) is 58.2 Å². The quantitative estimate of drug-likeness (QED) is 0.568. The van der Waals surface area contributed by atoms with Gasteiger partial charge in [-0.2, -0.15) is 0 Å². The molecule has 0 spiro atoms. The summed E-state index contributed by atoms with van der Waals surface area (Å²) in [5.41, 5.74) is 4.57. The summed E-state index contributed by atoms with van der Waals surface area (Å²) in [6.07, 6.45) is 0. The Morgan fingerprint density at radius 2 is 1.48 bits per heavy atom. The monoisotopic (exact) mass is 386 g/mol. The fraction of sp³-hybridized carbons (Fsp3) is 0.200. The SMILES string of the molecule is CC(=O)c1cccc(NC(=O)[C@@H](C)N[C@H](c2ccccc2)c2ccc(C)cc2)c1. The number of aryl methyl sites for hydroxylation is 1. The number of carbonyl (C=O) groups is 2. The predicted octanol–water partition coefficient (Wildman–Crippen LogP) is 4.90. The molecule has 3 aromatic carbocycles. The third kappa shape index (κ3) is 5.39. The average Bonchev–Trinajstić information content (AvgIpc) is 2.73. The smallest absolute Gasteiger partial charge is 0.241 e. The maximum atomic E-state index is 12.8. The number of rotatable bonds is 7. The first-order valence-electron chi connectivity index (χ1n) is 9.73. The fourth-order valence-corrected chi connectivity index (χ4v) is 3.18. The molecule has 0 saturated carbocycles. The van der Waals surface area contributed by atoms with Crippen LogP contribution in [0, 0.1) is 6.92 Å². The number of anilines is 1. The van der Waals surface area contributed by atoms with Crippen LogP contribution in [0.2, 0.25) is 0 Å². The molecule has 2 atom stereocenters. The van der Waals surface area contributed by atoms with Crippen LogP contribution >= 0.6 is 0 Å². The number of Topliss-reactive ketones (excluding diaryl/α,β-unsaturated/α-hetero) is 1. The van der Waals surface area contributed by atoms with Crippen LogP contribution in [0.5, 0.6) is 0 Å². The number of hydrogen-bond acceptors (Lipinski definition) is 3. The van der Waals surface area contributed by atoms with E-state index in [1.165, 1.54) is 12.5 Å². The van der Waals surface area contributed by atoms with Crippen LogP contribution in [0.25, 0.3) is 0 Å². The highest BCUT2D eigenvalue weighted by Gasteiger charge is 2.21. The van der Waals surface area contributed by atoms with Gasteiger partial charge in [0.25, 0.3) is 0 Å². The molecule has 1 amide bonds. The van der Waals surface area contributed by atoms with Crippen molar-refractivity contribution in [3.8, 4) is 0 Å². The van der Waals surface area contributed by atoms with Gasteiger partial charge in [0, 0.05) is 11.3 Å². The molecule has 3 aromatic rings. The van der Waals surface area contributed by atoms with Crippen LogP contribution < -0.4 is 10.6 Å². The Balaban J connectivity index is 1.78. The first kappa shape index (κ1) is 20.5. The van der Waals surface area contributed by atoms with Gasteiger partial charge < -0.3 is 5.32 Å². The summed E-state index contributed by atoms with van der Waals surface area (Å²) in [6, 6.07) is 24.8. The molecule has 148 valence electrons. The van der Waals surface area contributed by atoms with E-state index in [-0.39, 0.29) is 17.7 Å². The Morgan fingerprint density at radius 3 is 2.14 bits per heavy atom. The molecule has 0 aliphatic heterocycles. The summed E-state index contributed by atoms with van der Waals surface area (Å²) >= 11 is 0. The first-order chi connectivity index (χ1) is 13.9. The lowest BCUT2D eigenvalue weighted by molar-refractivity contribution is -0.117. The van der Waals surface area contributed by atoms with Crippen molar-refractivity contribution in [3.05, 3.63) is 101 Å². The van der Waals surface area contributed by atoms with Crippen LogP contribution in [0.15, 0.2) is 78.9 Å². The zero-order valence-electron chi connectivity index (χ0n) is 17.0. The summed E-state index contributed by atoms with van der Waals surface area (Å²) in [7, 11) is 0. The van der Waals surface area contributed by atoms with Crippen molar-refractivity contribution < 1.29 is 9.59 Å². The van der Waals surface area contributed by atoms with Crippen LogP contribution in [0.4, 0.5) is 5.69 Å². The Kier molecular flexibility index (Phi) is 6.57. The van der Waals surface area contributed by atoms with Crippen molar-refractivity contribution >= 4 is 17.4 Å². The highest BCUT2D eigenvalue weighted by atomic mass is 16.2. The zero-order chi connectivity index (χ0) is 20.8. The van der Waals surface area contributed by atoms with E-state index in [9.17, 15) is 9.59 Å². The minimum atomic E-state index is -0.442. The third-order valence-electron chi connectivity index (χ3n) is 4.89. The number of nitrogens with one attached hydrogen (secondary N) is 2. The maximum absolute atomic E-state index is 12.8. The molecule has 2 N–H and O–H groups in total. The van der Waals surface area contributed by atoms with Crippen LogP contribution in [0.3, 0.4) is 0 Å². The number of ketones is 1. The van der Waals surface area contributed by atoms with Crippen molar-refractivity contribution in [3.63, 3.8) is 0 Å². The number of amides is 1. The lowest BCUT2D eigenvalue weighted by Gasteiger charge is -2.24. The molecule has 0 saturated heterocycles. The molecule has 0 bridgehead atoms. The van der Waals surface area contributed by atoms with E-state index in [1.54, 1.807) is 24.3 Å². The van der Waals surface area contributed by atoms with Crippen LogP contribution in [-0.2, 0) is 4.79 Å². The molecule has 0 heterocycles. The van der Waals surface area contributed by atoms with Crippen LogP contribution in [-0.4, -0.2) is 17.7 Å². The highest BCUT2D eigenvalue weighted by Crippen LogP contribution is 2.23. The van der Waals surface area contributed by atoms with Gasteiger partial charge in [0.2, 0.25) is 5.91 Å². The molecule has 3 rings (SSSR count). The lowest BCUT2D eigenvalue weighted by Crippen LogP contribution is -2.40. The summed E-state index contributed by atoms with van der Waals surface area (Å²) in [4.78, 5) is 24.4. The van der Waals surface area contributed by atoms with E-state index in [4.69, 9.17) is 0 Å². The molecule has 0 aromatic heterocycles. The van der Waals surface area contributed by atoms with Crippen molar-refractivity contribution in [2.45, 2.75) is 32.9 Å². The molecule has 0 aliphatic rings. The number of hydrogen-bond donors (Lipinski definition) is 2. The van der Waals surface area contributed by atoms with Gasteiger partial charge in [-0.1, -0.05) is 72.3 Å². The number of benzene rings is 3. The molecular formula is C25H26N2O2. The van der Waals surface area contributed by atoms with Gasteiger partial charge >= 0.3 is 0 Å². The second kappa shape index (κ2) is 9.30. The number of carbonyl (C=O) groups excluding carboxylic acids is 2. The molecular weight excluding hydrogens is 360 g/mol. The molecule has 0 fully saturated rings. The third-order valence-corrected chi connectivity index (χ3v) is 4.89. The molecule has 4 nitrogen and oxygen atoms in total. The van der Waals surface area contributed by atoms with E-state index in [0.29, 0.717) is 11.3 Å². The second-order valence-corrected chi connectivity index (χ2v) is 7.27. The van der Waals surface area contributed by atoms with Gasteiger partial charge in [-0.3, -0.25) is 14.9 Å². The van der Waals surface area contributed by atoms with Gasteiger partial charge in [-0.05, 0) is 44.0 Å². The molecule has 29 heavy (non-hydrogen) atoms. The molecule has 0 radical (unpaired) electrons. The largest absolute Gasteiger partial charge is 0.325 e. The standard InChI is InChI=1S/C25H26N2O2/c1-17-12-14-21(15-13-17)24(20-8-5-4-6-9-20)26-18(2)25(29)27-23-11-7-10-22(16-23)19(3)28/h4-16,18,24,26H,1-3H3,(H,27,29)/t18-,24-/m1/s1. The van der Waals surface area contributed by atoms with E-state index in [1.807, 2.05) is 25.1 Å². The van der Waals surface area contributed by atoms with Gasteiger partial charge in [0.05, 0.1) is 12.1 Å². The predicted molar refractivity (Wildman–Crippen MR) is 117 cm³/mol. The van der Waals surface area contributed by atoms with E-state index < -0.39 is 6.04 Å². The highest BCUT2D eigenvalue weighted by molar-refractivity contribution is 5.98. The Bertz CT molecular complexity index is 981. The van der Waals surface area contributed by atoms with E-state index >= 15 is 0 Å². The summed E-state index contributed by atoms with van der Waals surface area (Å²) < 4.78 is 0. The van der Waals surface area contributed by atoms with Crippen molar-refractivity contribution in [1.82, 2.24) is 5.32 Å². The van der Waals surface area contributed by atoms with Crippen molar-refractivity contribution in [1.29, 1.82) is 0 Å². The average molecular weight is 386 g/mol. The van der Waals surface area contributed by atoms with Gasteiger partial charge in [0.15, 0.2) is 5.78 Å². The van der Waals surface area contributed by atoms with Gasteiger partial charge in [-0.25, -0.2) is 0 Å². The molecule has 4 heteroatoms. The zero-order valence-corrected chi connectivity index (χ0v) is 17.0. The normalized spacial score (nSPS) is 12.8. The summed E-state index contributed by atoms with van der Waals surface area (Å²) in [5.74, 6) is -0.186. The van der Waals surface area contributed by atoms with E-state index in [0.717, 1.165) is 11.1 Å². The van der Waals surface area contributed by atoms with Crippen molar-refractivity contribution in [2.24, 2.45) is 0 Å². The lowest BCUT2D eigenvalue weighted by atomic mass is 9.97. The Labute approximate surface area is 172 Å². The molecule has 0 unspecified atom stereocenters. The summed E-state index contributed by atoms with van der Waals surface area (Å²) in [5, 5.41) is 6.35. The van der Waals surface area contributed by atoms with Crippen molar-refractivity contribution in [2.75, 3.05) is 5.32 Å². The molecule has 0 aliphatic carbocycles. The Hall–Kier alpha value is -3.24. The Morgan fingerprint density at radius 1 is 0.828 bits per heavy atom.